The monoisotopic (exact) mass is 422 g/mol. The molecule has 1 saturated carbocycles. The van der Waals surface area contributed by atoms with Gasteiger partial charge in [0.15, 0.2) is 11.6 Å². The van der Waals surface area contributed by atoms with Crippen LogP contribution in [-0.2, 0) is 4.79 Å². The van der Waals surface area contributed by atoms with Gasteiger partial charge in [-0.3, -0.25) is 9.89 Å². The van der Waals surface area contributed by atoms with Crippen molar-refractivity contribution in [2.45, 2.75) is 45.4 Å². The Morgan fingerprint density at radius 2 is 2.00 bits per heavy atom. The van der Waals surface area contributed by atoms with E-state index < -0.39 is 0 Å². The third kappa shape index (κ3) is 4.35. The fourth-order valence-electron chi connectivity index (χ4n) is 4.68. The number of aromatic nitrogens is 5. The first-order chi connectivity index (χ1) is 15.2. The van der Waals surface area contributed by atoms with E-state index in [0.29, 0.717) is 24.2 Å². The van der Waals surface area contributed by atoms with Gasteiger partial charge < -0.3 is 15.1 Å². The second-order valence-electron chi connectivity index (χ2n) is 8.74. The average molecular weight is 423 g/mol. The molecule has 1 amide bonds. The van der Waals surface area contributed by atoms with Crippen LogP contribution in [0, 0.1) is 12.8 Å². The Balaban J connectivity index is 1.26. The summed E-state index contributed by atoms with van der Waals surface area (Å²) >= 11 is 0. The van der Waals surface area contributed by atoms with Crippen LogP contribution in [-0.4, -0.2) is 61.8 Å². The van der Waals surface area contributed by atoms with Gasteiger partial charge >= 0.3 is 0 Å². The minimum Gasteiger partial charge on any atom is -0.339 e. The quantitative estimate of drug-likeness (QED) is 0.656. The predicted molar refractivity (Wildman–Crippen MR) is 120 cm³/mol. The van der Waals surface area contributed by atoms with Crippen LogP contribution in [0.5, 0.6) is 0 Å². The van der Waals surface area contributed by atoms with Gasteiger partial charge in [-0.1, -0.05) is 19.3 Å². The number of nitrogens with one attached hydrogen (secondary N) is 2. The number of hydrogen-bond acceptors (Lipinski definition) is 6. The molecule has 0 spiro atoms. The van der Waals surface area contributed by atoms with Crippen LogP contribution in [0.1, 0.15) is 44.2 Å². The largest absolute Gasteiger partial charge is 0.339 e. The van der Waals surface area contributed by atoms with Gasteiger partial charge in [0.05, 0.1) is 0 Å². The van der Waals surface area contributed by atoms with Crippen LogP contribution in [0.2, 0.25) is 0 Å². The number of piperazine rings is 1. The van der Waals surface area contributed by atoms with E-state index in [2.05, 4.69) is 25.5 Å². The molecular weight excluding hydrogens is 392 g/mol. The van der Waals surface area contributed by atoms with Crippen molar-refractivity contribution in [3.8, 4) is 0 Å². The molecule has 0 radical (unpaired) electrons. The minimum absolute atomic E-state index is 0.310. The highest BCUT2D eigenvalue weighted by Crippen LogP contribution is 2.27. The normalized spacial score (nSPS) is 18.0. The molecule has 31 heavy (non-hydrogen) atoms. The molecule has 0 unspecified atom stereocenters. The summed E-state index contributed by atoms with van der Waals surface area (Å²) in [5.74, 6) is 3.00. The van der Waals surface area contributed by atoms with Gasteiger partial charge in [0.25, 0.3) is 0 Å². The molecule has 9 heteroatoms. The molecule has 5 rings (SSSR count). The summed E-state index contributed by atoms with van der Waals surface area (Å²) in [6.45, 7) is 4.89. The van der Waals surface area contributed by atoms with E-state index in [1.165, 1.54) is 32.1 Å². The number of hydrogen-bond donors (Lipinski definition) is 2. The highest BCUT2D eigenvalue weighted by Gasteiger charge is 2.26. The molecule has 0 aromatic carbocycles. The standard InChI is InChI=1S/C22H30N8O/c1-16-14-19(26-25-16)23-21-18-8-5-9-30(18)27-22(24-21)29-12-10-28(11-13-29)20(31)15-17-6-3-2-4-7-17/h5,8-9,14,17H,2-4,6-7,10-13,15H2,1H3,(H2,23,24,25,26,27). The number of carbonyl (C=O) groups excluding carboxylic acids is 1. The highest BCUT2D eigenvalue weighted by molar-refractivity contribution is 5.77. The number of aromatic amines is 1. The molecule has 1 aliphatic heterocycles. The zero-order valence-electron chi connectivity index (χ0n) is 18.0. The van der Waals surface area contributed by atoms with Crippen molar-refractivity contribution in [1.82, 2.24) is 29.7 Å². The van der Waals surface area contributed by atoms with Crippen molar-refractivity contribution < 1.29 is 4.79 Å². The summed E-state index contributed by atoms with van der Waals surface area (Å²) in [4.78, 5) is 21.7. The third-order valence-electron chi connectivity index (χ3n) is 6.44. The first kappa shape index (κ1) is 19.8. The number of H-pyrrole nitrogens is 1. The van der Waals surface area contributed by atoms with Crippen molar-refractivity contribution in [2.75, 3.05) is 36.4 Å². The number of fused-ring (bicyclic) bond motifs is 1. The lowest BCUT2D eigenvalue weighted by Gasteiger charge is -2.35. The Hall–Kier alpha value is -3.10. The molecule has 3 aromatic heterocycles. The van der Waals surface area contributed by atoms with Crippen LogP contribution in [0.15, 0.2) is 24.4 Å². The molecule has 9 nitrogen and oxygen atoms in total. The summed E-state index contributed by atoms with van der Waals surface area (Å²) in [6, 6.07) is 5.88. The zero-order valence-corrected chi connectivity index (χ0v) is 18.0. The summed E-state index contributed by atoms with van der Waals surface area (Å²) in [5, 5.41) is 15.2. The van der Waals surface area contributed by atoms with Crippen molar-refractivity contribution in [1.29, 1.82) is 0 Å². The van der Waals surface area contributed by atoms with Crippen molar-refractivity contribution in [3.63, 3.8) is 0 Å². The first-order valence-corrected chi connectivity index (χ1v) is 11.3. The van der Waals surface area contributed by atoms with Crippen molar-refractivity contribution >= 4 is 29.0 Å². The Bertz CT molecular complexity index is 1040. The number of amides is 1. The summed E-state index contributed by atoms with van der Waals surface area (Å²) < 4.78 is 1.84. The van der Waals surface area contributed by atoms with E-state index in [0.717, 1.165) is 49.0 Å². The van der Waals surface area contributed by atoms with Gasteiger partial charge in [-0.2, -0.15) is 10.1 Å². The zero-order chi connectivity index (χ0) is 21.2. The van der Waals surface area contributed by atoms with Gasteiger partial charge in [-0.25, -0.2) is 4.52 Å². The maximum atomic E-state index is 12.8. The van der Waals surface area contributed by atoms with E-state index in [1.807, 2.05) is 40.7 Å². The van der Waals surface area contributed by atoms with Crippen LogP contribution in [0.25, 0.3) is 5.52 Å². The number of nitrogens with zero attached hydrogens (tertiary/aromatic N) is 6. The third-order valence-corrected chi connectivity index (χ3v) is 6.44. The fourth-order valence-corrected chi connectivity index (χ4v) is 4.68. The topological polar surface area (TPSA) is 94.5 Å². The molecule has 2 N–H and O–H groups in total. The molecule has 1 aliphatic carbocycles. The predicted octanol–water partition coefficient (Wildman–Crippen LogP) is 3.12. The van der Waals surface area contributed by atoms with E-state index in [1.54, 1.807) is 0 Å². The van der Waals surface area contributed by atoms with Gasteiger partial charge in [0.1, 0.15) is 5.52 Å². The van der Waals surface area contributed by atoms with Gasteiger partial charge in [0, 0.05) is 50.6 Å². The Morgan fingerprint density at radius 3 is 2.74 bits per heavy atom. The minimum atomic E-state index is 0.310. The second-order valence-corrected chi connectivity index (χ2v) is 8.74. The van der Waals surface area contributed by atoms with E-state index in [9.17, 15) is 4.79 Å². The molecule has 164 valence electrons. The fraction of sp³-hybridized carbons (Fsp3) is 0.545. The summed E-state index contributed by atoms with van der Waals surface area (Å²) in [5.41, 5.74) is 1.88. The number of aryl methyl sites for hydroxylation is 1. The maximum Gasteiger partial charge on any atom is 0.245 e. The summed E-state index contributed by atoms with van der Waals surface area (Å²) in [6.07, 6.45) is 8.93. The van der Waals surface area contributed by atoms with Gasteiger partial charge in [0.2, 0.25) is 11.9 Å². The first-order valence-electron chi connectivity index (χ1n) is 11.3. The van der Waals surface area contributed by atoms with E-state index >= 15 is 0 Å². The smallest absolute Gasteiger partial charge is 0.245 e. The second kappa shape index (κ2) is 8.56. The molecule has 3 aromatic rings. The molecular formula is C22H30N8O. The van der Waals surface area contributed by atoms with Gasteiger partial charge in [-0.15, -0.1) is 5.10 Å². The Kier molecular flexibility index (Phi) is 5.48. The molecule has 2 aliphatic rings. The average Bonchev–Trinajstić information content (AvgIpc) is 3.43. The molecule has 2 fully saturated rings. The molecule has 1 saturated heterocycles. The van der Waals surface area contributed by atoms with Crippen LogP contribution < -0.4 is 10.2 Å². The van der Waals surface area contributed by atoms with E-state index in [4.69, 9.17) is 4.98 Å². The van der Waals surface area contributed by atoms with Crippen LogP contribution in [0.4, 0.5) is 17.6 Å². The number of rotatable bonds is 5. The van der Waals surface area contributed by atoms with Crippen LogP contribution >= 0.6 is 0 Å². The summed E-state index contributed by atoms with van der Waals surface area (Å²) in [7, 11) is 0. The van der Waals surface area contributed by atoms with Gasteiger partial charge in [-0.05, 0) is 37.8 Å². The van der Waals surface area contributed by atoms with Crippen molar-refractivity contribution in [3.05, 3.63) is 30.1 Å². The molecule has 0 atom stereocenters. The van der Waals surface area contributed by atoms with E-state index in [-0.39, 0.29) is 0 Å². The van der Waals surface area contributed by atoms with Crippen LogP contribution in [0.3, 0.4) is 0 Å². The number of carbonyl (C=O) groups is 1. The van der Waals surface area contributed by atoms with Crippen molar-refractivity contribution in [2.24, 2.45) is 5.92 Å². The molecule has 4 heterocycles. The molecule has 0 bridgehead atoms. The Morgan fingerprint density at radius 1 is 1.19 bits per heavy atom. The SMILES string of the molecule is Cc1cc(Nc2nc(N3CCN(C(=O)CC4CCCCC4)CC3)nn3cccc23)n[nH]1. The lowest BCUT2D eigenvalue weighted by molar-refractivity contribution is -0.132. The highest BCUT2D eigenvalue weighted by atomic mass is 16.2. The Labute approximate surface area is 181 Å². The maximum absolute atomic E-state index is 12.8. The lowest BCUT2D eigenvalue weighted by atomic mass is 9.86. The number of anilines is 3. The lowest BCUT2D eigenvalue weighted by Crippen LogP contribution is -2.49.